The molecule has 1 aliphatic carbocycles. The Morgan fingerprint density at radius 2 is 2.27 bits per heavy atom. The second kappa shape index (κ2) is 4.09. The Bertz CT molecular complexity index is 326. The van der Waals surface area contributed by atoms with E-state index in [9.17, 15) is 0 Å². The van der Waals surface area contributed by atoms with Gasteiger partial charge < -0.3 is 10.6 Å². The molecule has 0 saturated heterocycles. The predicted molar refractivity (Wildman–Crippen MR) is 64.3 cm³/mol. The zero-order valence-corrected chi connectivity index (χ0v) is 9.51. The maximum atomic E-state index is 4.21. The van der Waals surface area contributed by atoms with Crippen LogP contribution in [0.5, 0.6) is 0 Å². The molecule has 82 valence electrons. The Morgan fingerprint density at radius 1 is 1.47 bits per heavy atom. The summed E-state index contributed by atoms with van der Waals surface area (Å²) in [6.07, 6.45) is 6.98. The van der Waals surface area contributed by atoms with E-state index in [1.165, 1.54) is 31.4 Å². The van der Waals surface area contributed by atoms with Crippen LogP contribution in [-0.2, 0) is 0 Å². The van der Waals surface area contributed by atoms with E-state index in [0.717, 1.165) is 5.82 Å². The zero-order valence-electron chi connectivity index (χ0n) is 9.51. The fourth-order valence-electron chi connectivity index (χ4n) is 2.12. The summed E-state index contributed by atoms with van der Waals surface area (Å²) in [7, 11) is 1.89. The first-order valence-corrected chi connectivity index (χ1v) is 5.70. The van der Waals surface area contributed by atoms with Crippen molar-refractivity contribution in [1.29, 1.82) is 0 Å². The van der Waals surface area contributed by atoms with Crippen LogP contribution in [0.25, 0.3) is 0 Å². The molecule has 0 aromatic carbocycles. The summed E-state index contributed by atoms with van der Waals surface area (Å²) in [5.41, 5.74) is 1.53. The van der Waals surface area contributed by atoms with Crippen LogP contribution >= 0.6 is 0 Å². The first kappa shape index (κ1) is 10.3. The van der Waals surface area contributed by atoms with Gasteiger partial charge in [-0.25, -0.2) is 4.98 Å². The van der Waals surface area contributed by atoms with Crippen molar-refractivity contribution in [3.63, 3.8) is 0 Å². The third kappa shape index (κ3) is 2.06. The highest BCUT2D eigenvalue weighted by atomic mass is 15.0. The number of anilines is 2. The van der Waals surface area contributed by atoms with E-state index in [1.54, 1.807) is 0 Å². The van der Waals surface area contributed by atoms with Crippen LogP contribution < -0.4 is 10.6 Å². The Kier molecular flexibility index (Phi) is 2.80. The van der Waals surface area contributed by atoms with E-state index in [4.69, 9.17) is 0 Å². The first-order chi connectivity index (χ1) is 7.28. The highest BCUT2D eigenvalue weighted by molar-refractivity contribution is 5.53. The van der Waals surface area contributed by atoms with Gasteiger partial charge in [0.25, 0.3) is 0 Å². The molecule has 1 saturated carbocycles. The molecule has 0 radical (unpaired) electrons. The van der Waals surface area contributed by atoms with E-state index in [-0.39, 0.29) is 0 Å². The Labute approximate surface area is 91.3 Å². The van der Waals surface area contributed by atoms with Gasteiger partial charge in [0, 0.05) is 30.5 Å². The molecule has 1 heterocycles. The summed E-state index contributed by atoms with van der Waals surface area (Å²) < 4.78 is 0. The molecular formula is C12H19N3. The summed E-state index contributed by atoms with van der Waals surface area (Å²) in [5.74, 6) is 0.922. The van der Waals surface area contributed by atoms with Crippen molar-refractivity contribution in [3.8, 4) is 0 Å². The summed E-state index contributed by atoms with van der Waals surface area (Å²) in [6, 6.07) is 4.10. The fraction of sp³-hybridized carbons (Fsp3) is 0.583. The van der Waals surface area contributed by atoms with E-state index < -0.39 is 0 Å². The Hall–Kier alpha value is -1.25. The highest BCUT2D eigenvalue weighted by Gasteiger charge is 2.34. The predicted octanol–water partition coefficient (Wildman–Crippen LogP) is 2.87. The second-order valence-corrected chi connectivity index (χ2v) is 4.29. The summed E-state index contributed by atoms with van der Waals surface area (Å²) in [4.78, 5) is 4.21. The van der Waals surface area contributed by atoms with Gasteiger partial charge in [-0.15, -0.1) is 0 Å². The molecule has 1 aromatic heterocycles. The van der Waals surface area contributed by atoms with Gasteiger partial charge in [0.1, 0.15) is 5.82 Å². The van der Waals surface area contributed by atoms with Crippen LogP contribution in [-0.4, -0.2) is 17.6 Å². The average molecular weight is 205 g/mol. The number of pyridine rings is 1. The number of nitrogens with one attached hydrogen (secondary N) is 2. The van der Waals surface area contributed by atoms with Crippen molar-refractivity contribution in [1.82, 2.24) is 4.98 Å². The van der Waals surface area contributed by atoms with Gasteiger partial charge in [0.15, 0.2) is 0 Å². The van der Waals surface area contributed by atoms with Crippen molar-refractivity contribution in [2.75, 3.05) is 17.7 Å². The SMILES string of the molecule is CCC1(Nc2ccnc(NC)c2)CCC1. The molecule has 2 rings (SSSR count). The van der Waals surface area contributed by atoms with Gasteiger partial charge in [-0.05, 0) is 31.7 Å². The molecule has 2 N–H and O–H groups in total. The molecular weight excluding hydrogens is 186 g/mol. The molecule has 3 heteroatoms. The van der Waals surface area contributed by atoms with Gasteiger partial charge in [-0.3, -0.25) is 0 Å². The Morgan fingerprint density at radius 3 is 2.80 bits per heavy atom. The lowest BCUT2D eigenvalue weighted by atomic mass is 9.75. The van der Waals surface area contributed by atoms with Gasteiger partial charge in [-0.1, -0.05) is 6.92 Å². The minimum Gasteiger partial charge on any atom is -0.379 e. The van der Waals surface area contributed by atoms with Gasteiger partial charge in [0.05, 0.1) is 0 Å². The smallest absolute Gasteiger partial charge is 0.127 e. The minimum atomic E-state index is 0.354. The number of rotatable bonds is 4. The fourth-order valence-corrected chi connectivity index (χ4v) is 2.12. The molecule has 0 atom stereocenters. The molecule has 0 amide bonds. The third-order valence-corrected chi connectivity index (χ3v) is 3.41. The van der Waals surface area contributed by atoms with Crippen LogP contribution in [0.3, 0.4) is 0 Å². The second-order valence-electron chi connectivity index (χ2n) is 4.29. The van der Waals surface area contributed by atoms with Gasteiger partial charge in [-0.2, -0.15) is 0 Å². The lowest BCUT2D eigenvalue weighted by molar-refractivity contribution is 0.269. The van der Waals surface area contributed by atoms with E-state index in [2.05, 4.69) is 28.6 Å². The molecule has 0 unspecified atom stereocenters. The van der Waals surface area contributed by atoms with Crippen molar-refractivity contribution in [3.05, 3.63) is 18.3 Å². The lowest BCUT2D eigenvalue weighted by Crippen LogP contribution is -2.44. The van der Waals surface area contributed by atoms with E-state index in [1.807, 2.05) is 19.3 Å². The van der Waals surface area contributed by atoms with Crippen LogP contribution in [0.2, 0.25) is 0 Å². The van der Waals surface area contributed by atoms with Crippen molar-refractivity contribution in [2.45, 2.75) is 38.1 Å². The summed E-state index contributed by atoms with van der Waals surface area (Å²) in [5, 5.41) is 6.69. The number of aromatic nitrogens is 1. The topological polar surface area (TPSA) is 37.0 Å². The van der Waals surface area contributed by atoms with Crippen molar-refractivity contribution >= 4 is 11.5 Å². The number of hydrogen-bond acceptors (Lipinski definition) is 3. The molecule has 0 spiro atoms. The van der Waals surface area contributed by atoms with E-state index >= 15 is 0 Å². The van der Waals surface area contributed by atoms with Crippen LogP contribution in [0.15, 0.2) is 18.3 Å². The van der Waals surface area contributed by atoms with Crippen LogP contribution in [0.1, 0.15) is 32.6 Å². The molecule has 1 aromatic rings. The first-order valence-electron chi connectivity index (χ1n) is 5.70. The largest absolute Gasteiger partial charge is 0.379 e. The standard InChI is InChI=1S/C12H19N3/c1-3-12(6-4-7-12)15-10-5-8-14-11(9-10)13-2/h5,8-9H,3-4,6-7H2,1-2H3,(H2,13,14,15). The monoisotopic (exact) mass is 205 g/mol. The zero-order chi connectivity index (χ0) is 10.7. The van der Waals surface area contributed by atoms with E-state index in [0.29, 0.717) is 5.54 Å². The van der Waals surface area contributed by atoms with Crippen LogP contribution in [0, 0.1) is 0 Å². The third-order valence-electron chi connectivity index (χ3n) is 3.41. The quantitative estimate of drug-likeness (QED) is 0.793. The molecule has 15 heavy (non-hydrogen) atoms. The van der Waals surface area contributed by atoms with Gasteiger partial charge in [0.2, 0.25) is 0 Å². The Balaban J connectivity index is 2.09. The molecule has 0 bridgehead atoms. The number of nitrogens with zero attached hydrogens (tertiary/aromatic N) is 1. The molecule has 1 fully saturated rings. The molecule has 0 aliphatic heterocycles. The maximum Gasteiger partial charge on any atom is 0.127 e. The summed E-state index contributed by atoms with van der Waals surface area (Å²) in [6.45, 7) is 2.26. The van der Waals surface area contributed by atoms with Gasteiger partial charge >= 0.3 is 0 Å². The minimum absolute atomic E-state index is 0.354. The maximum absolute atomic E-state index is 4.21. The lowest BCUT2D eigenvalue weighted by Gasteiger charge is -2.43. The average Bonchev–Trinajstić information content (AvgIpc) is 2.24. The molecule has 3 nitrogen and oxygen atoms in total. The normalized spacial score (nSPS) is 18.0. The highest BCUT2D eigenvalue weighted by Crippen LogP contribution is 2.37. The summed E-state index contributed by atoms with van der Waals surface area (Å²) >= 11 is 0. The number of hydrogen-bond donors (Lipinski definition) is 2. The van der Waals surface area contributed by atoms with Crippen molar-refractivity contribution in [2.24, 2.45) is 0 Å². The molecule has 1 aliphatic rings. The van der Waals surface area contributed by atoms with Crippen molar-refractivity contribution < 1.29 is 0 Å². The van der Waals surface area contributed by atoms with Crippen LogP contribution in [0.4, 0.5) is 11.5 Å².